The lowest BCUT2D eigenvalue weighted by Crippen LogP contribution is -2.39. The number of nitrogens with one attached hydrogen (secondary N) is 1. The number of hydrogen-bond acceptors (Lipinski definition) is 2. The minimum atomic E-state index is 0. The van der Waals surface area contributed by atoms with Crippen LogP contribution in [0.15, 0.2) is 18.2 Å². The van der Waals surface area contributed by atoms with E-state index in [1.165, 1.54) is 12.8 Å². The van der Waals surface area contributed by atoms with Gasteiger partial charge in [-0.3, -0.25) is 4.79 Å². The summed E-state index contributed by atoms with van der Waals surface area (Å²) >= 11 is 0. The average molecular weight is 295 g/mol. The van der Waals surface area contributed by atoms with E-state index in [-0.39, 0.29) is 18.3 Å². The second-order valence-electron chi connectivity index (χ2n) is 6.05. The second kappa shape index (κ2) is 6.15. The van der Waals surface area contributed by atoms with Gasteiger partial charge in [-0.2, -0.15) is 0 Å². The summed E-state index contributed by atoms with van der Waals surface area (Å²) in [6.07, 6.45) is 3.57. The van der Waals surface area contributed by atoms with Crippen molar-refractivity contribution in [1.82, 2.24) is 10.2 Å². The summed E-state index contributed by atoms with van der Waals surface area (Å²) in [6.45, 7) is 5.85. The number of fused-ring (bicyclic) bond motifs is 2. The van der Waals surface area contributed by atoms with E-state index < -0.39 is 0 Å². The van der Waals surface area contributed by atoms with Gasteiger partial charge in [0.05, 0.1) is 0 Å². The van der Waals surface area contributed by atoms with Gasteiger partial charge in [0.2, 0.25) is 0 Å². The first-order chi connectivity index (χ1) is 9.11. The van der Waals surface area contributed by atoms with E-state index in [4.69, 9.17) is 0 Å². The summed E-state index contributed by atoms with van der Waals surface area (Å²) in [6, 6.07) is 7.25. The Balaban J connectivity index is 0.00000147. The van der Waals surface area contributed by atoms with Crippen molar-refractivity contribution in [2.24, 2.45) is 0 Å². The zero-order chi connectivity index (χ0) is 13.4. The zero-order valence-corrected chi connectivity index (χ0v) is 13.0. The van der Waals surface area contributed by atoms with Gasteiger partial charge in [0.15, 0.2) is 0 Å². The number of rotatable bonds is 1. The lowest BCUT2D eigenvalue weighted by atomic mass is 10.0. The molecule has 2 heterocycles. The molecule has 0 saturated carbocycles. The van der Waals surface area contributed by atoms with Gasteiger partial charge in [-0.15, -0.1) is 12.4 Å². The molecule has 1 aromatic rings. The zero-order valence-electron chi connectivity index (χ0n) is 12.2. The molecular weight excluding hydrogens is 272 g/mol. The molecule has 0 aliphatic carbocycles. The first-order valence-electron chi connectivity index (χ1n) is 7.25. The molecule has 1 amide bonds. The van der Waals surface area contributed by atoms with Gasteiger partial charge in [-0.05, 0) is 45.2 Å². The van der Waals surface area contributed by atoms with E-state index in [9.17, 15) is 4.79 Å². The number of benzene rings is 1. The number of aryl methyl sites for hydroxylation is 2. The number of nitrogens with zero attached hydrogens (tertiary/aromatic N) is 1. The minimum absolute atomic E-state index is 0. The highest BCUT2D eigenvalue weighted by Crippen LogP contribution is 2.22. The van der Waals surface area contributed by atoms with Gasteiger partial charge in [-0.1, -0.05) is 17.2 Å². The topological polar surface area (TPSA) is 32.3 Å². The molecule has 3 rings (SSSR count). The fraction of sp³-hybridized carbons (Fsp3) is 0.562. The van der Waals surface area contributed by atoms with Crippen LogP contribution in [0.3, 0.4) is 0 Å². The Labute approximate surface area is 127 Å². The number of halogens is 1. The average Bonchev–Trinajstić information content (AvgIpc) is 2.67. The summed E-state index contributed by atoms with van der Waals surface area (Å²) in [5.74, 6) is 0.196. The molecule has 4 heteroatoms. The van der Waals surface area contributed by atoms with Crippen LogP contribution in [0.1, 0.15) is 40.7 Å². The third-order valence-corrected chi connectivity index (χ3v) is 4.28. The van der Waals surface area contributed by atoms with Crippen LogP contribution < -0.4 is 5.32 Å². The van der Waals surface area contributed by atoms with Crippen LogP contribution in [0.4, 0.5) is 0 Å². The van der Waals surface area contributed by atoms with Crippen molar-refractivity contribution in [2.75, 3.05) is 13.1 Å². The predicted molar refractivity (Wildman–Crippen MR) is 83.6 cm³/mol. The van der Waals surface area contributed by atoms with Crippen molar-refractivity contribution in [3.8, 4) is 0 Å². The molecule has 0 spiro atoms. The Hall–Kier alpha value is -1.06. The first kappa shape index (κ1) is 15.3. The second-order valence-corrected chi connectivity index (χ2v) is 6.05. The SMILES string of the molecule is Cc1cc(C)cc(C(=O)N2CCC3CCC(C2)N3)c1.Cl. The molecule has 110 valence electrons. The number of amides is 1. The Morgan fingerprint density at radius 1 is 1.10 bits per heavy atom. The molecule has 2 aliphatic heterocycles. The van der Waals surface area contributed by atoms with E-state index in [1.54, 1.807) is 0 Å². The molecule has 0 radical (unpaired) electrons. The van der Waals surface area contributed by atoms with Crippen LogP contribution in [-0.2, 0) is 0 Å². The Morgan fingerprint density at radius 2 is 1.75 bits per heavy atom. The molecule has 2 atom stereocenters. The number of hydrogen-bond donors (Lipinski definition) is 1. The number of carbonyl (C=O) groups is 1. The Morgan fingerprint density at radius 3 is 2.45 bits per heavy atom. The molecule has 2 saturated heterocycles. The van der Waals surface area contributed by atoms with Crippen molar-refractivity contribution < 1.29 is 4.79 Å². The van der Waals surface area contributed by atoms with E-state index in [0.29, 0.717) is 12.1 Å². The molecule has 1 N–H and O–H groups in total. The summed E-state index contributed by atoms with van der Waals surface area (Å²) < 4.78 is 0. The molecule has 2 aliphatic rings. The van der Waals surface area contributed by atoms with Gasteiger partial charge >= 0.3 is 0 Å². The summed E-state index contributed by atoms with van der Waals surface area (Å²) in [5, 5.41) is 3.62. The van der Waals surface area contributed by atoms with Gasteiger partial charge < -0.3 is 10.2 Å². The lowest BCUT2D eigenvalue weighted by Gasteiger charge is -2.24. The fourth-order valence-electron chi connectivity index (χ4n) is 3.41. The van der Waals surface area contributed by atoms with Crippen LogP contribution in [0, 0.1) is 13.8 Å². The molecule has 20 heavy (non-hydrogen) atoms. The lowest BCUT2D eigenvalue weighted by molar-refractivity contribution is 0.0748. The minimum Gasteiger partial charge on any atom is -0.337 e. The number of likely N-dealkylation sites (tertiary alicyclic amines) is 1. The van der Waals surface area contributed by atoms with E-state index >= 15 is 0 Å². The van der Waals surface area contributed by atoms with Crippen LogP contribution in [0.5, 0.6) is 0 Å². The highest BCUT2D eigenvalue weighted by molar-refractivity contribution is 5.94. The van der Waals surface area contributed by atoms with Crippen LogP contribution in [0.2, 0.25) is 0 Å². The van der Waals surface area contributed by atoms with Crippen LogP contribution in [-0.4, -0.2) is 36.0 Å². The molecule has 3 nitrogen and oxygen atoms in total. The maximum absolute atomic E-state index is 12.6. The maximum atomic E-state index is 12.6. The highest BCUT2D eigenvalue weighted by Gasteiger charge is 2.31. The standard InChI is InChI=1S/C16H22N2O.ClH/c1-11-7-12(2)9-13(8-11)16(19)18-6-5-14-3-4-15(10-18)17-14;/h7-9,14-15,17H,3-6,10H2,1-2H3;1H. The van der Waals surface area contributed by atoms with Crippen molar-refractivity contribution >= 4 is 18.3 Å². The van der Waals surface area contributed by atoms with Crippen molar-refractivity contribution in [3.05, 3.63) is 34.9 Å². The van der Waals surface area contributed by atoms with Gasteiger partial charge in [0, 0.05) is 30.7 Å². The number of carbonyl (C=O) groups excluding carboxylic acids is 1. The van der Waals surface area contributed by atoms with Gasteiger partial charge in [-0.25, -0.2) is 0 Å². The van der Waals surface area contributed by atoms with Crippen LogP contribution in [0.25, 0.3) is 0 Å². The van der Waals surface area contributed by atoms with Crippen molar-refractivity contribution in [2.45, 2.75) is 45.2 Å². The molecule has 1 aromatic carbocycles. The molecule has 0 aromatic heterocycles. The maximum Gasteiger partial charge on any atom is 0.253 e. The van der Waals surface area contributed by atoms with Gasteiger partial charge in [0.1, 0.15) is 0 Å². The third kappa shape index (κ3) is 3.15. The molecule has 2 bridgehead atoms. The quantitative estimate of drug-likeness (QED) is 0.864. The van der Waals surface area contributed by atoms with Gasteiger partial charge in [0.25, 0.3) is 5.91 Å². The smallest absolute Gasteiger partial charge is 0.253 e. The molecule has 2 fully saturated rings. The summed E-state index contributed by atoms with van der Waals surface area (Å²) in [7, 11) is 0. The fourth-order valence-corrected chi connectivity index (χ4v) is 3.41. The monoisotopic (exact) mass is 294 g/mol. The Kier molecular flexibility index (Phi) is 4.71. The van der Waals surface area contributed by atoms with E-state index in [2.05, 4.69) is 25.2 Å². The van der Waals surface area contributed by atoms with E-state index in [0.717, 1.165) is 36.2 Å². The first-order valence-corrected chi connectivity index (χ1v) is 7.25. The van der Waals surface area contributed by atoms with Crippen LogP contribution >= 0.6 is 12.4 Å². The van der Waals surface area contributed by atoms with E-state index in [1.807, 2.05) is 17.0 Å². The predicted octanol–water partition coefficient (Wildman–Crippen LogP) is 2.69. The molecule has 2 unspecified atom stereocenters. The summed E-state index contributed by atoms with van der Waals surface area (Å²) in [5.41, 5.74) is 3.17. The largest absolute Gasteiger partial charge is 0.337 e. The normalized spacial score (nSPS) is 25.0. The van der Waals surface area contributed by atoms with Crippen molar-refractivity contribution in [1.29, 1.82) is 0 Å². The van der Waals surface area contributed by atoms with Crippen molar-refractivity contribution in [3.63, 3.8) is 0 Å². The third-order valence-electron chi connectivity index (χ3n) is 4.28. The highest BCUT2D eigenvalue weighted by atomic mass is 35.5. The molecular formula is C16H23ClN2O. The summed E-state index contributed by atoms with van der Waals surface area (Å²) in [4.78, 5) is 14.7. The Bertz CT molecular complexity index is 483.